The van der Waals surface area contributed by atoms with E-state index in [4.69, 9.17) is 14.2 Å². The molecule has 0 rings (SSSR count). The first-order valence-electron chi connectivity index (χ1n) is 24.4. The predicted molar refractivity (Wildman–Crippen MR) is 233 cm³/mol. The molecule has 0 N–H and O–H groups in total. The quantitative estimate of drug-likeness (QED) is 0.0348. The van der Waals surface area contributed by atoms with Crippen LogP contribution in [-0.2, 0) is 28.6 Å². The highest BCUT2D eigenvalue weighted by Gasteiger charge is 2.19. The van der Waals surface area contributed by atoms with E-state index >= 15 is 0 Å². The summed E-state index contributed by atoms with van der Waals surface area (Å²) in [5, 5.41) is 0. The molecule has 0 bridgehead atoms. The Morgan fingerprint density at radius 3 is 0.891 bits per heavy atom. The molecule has 0 radical (unpaired) electrons. The molecule has 0 fully saturated rings. The lowest BCUT2D eigenvalue weighted by atomic mass is 10.0. The minimum atomic E-state index is -0.757. The molecular formula is C49H94O6. The molecule has 0 unspecified atom stereocenters. The summed E-state index contributed by atoms with van der Waals surface area (Å²) in [6, 6.07) is 0. The highest BCUT2D eigenvalue weighted by molar-refractivity contribution is 5.71. The minimum Gasteiger partial charge on any atom is -0.462 e. The van der Waals surface area contributed by atoms with Gasteiger partial charge in [-0.1, -0.05) is 233 Å². The first-order chi connectivity index (χ1) is 26.9. The van der Waals surface area contributed by atoms with Crippen LogP contribution in [0.2, 0.25) is 0 Å². The van der Waals surface area contributed by atoms with Gasteiger partial charge in [0.1, 0.15) is 13.2 Å². The number of hydrogen-bond acceptors (Lipinski definition) is 6. The van der Waals surface area contributed by atoms with Crippen LogP contribution >= 0.6 is 0 Å². The molecule has 55 heavy (non-hydrogen) atoms. The maximum atomic E-state index is 12.6. The van der Waals surface area contributed by atoms with Gasteiger partial charge in [0.05, 0.1) is 0 Å². The fourth-order valence-electron chi connectivity index (χ4n) is 7.33. The van der Waals surface area contributed by atoms with Gasteiger partial charge in [0.15, 0.2) is 6.10 Å². The van der Waals surface area contributed by atoms with Gasteiger partial charge in [-0.25, -0.2) is 0 Å². The monoisotopic (exact) mass is 779 g/mol. The SMILES string of the molecule is CCCCCCCCCCCC(=O)OC[C@@H](COC(=O)CCCCCCCCCCCCCCCCCCCCC(C)C)OC(=O)CCCCCCCCC. The summed E-state index contributed by atoms with van der Waals surface area (Å²) in [5.41, 5.74) is 0. The van der Waals surface area contributed by atoms with E-state index in [9.17, 15) is 14.4 Å². The van der Waals surface area contributed by atoms with E-state index in [-0.39, 0.29) is 31.1 Å². The molecule has 0 aromatic heterocycles. The molecule has 6 heteroatoms. The number of hydrogen-bond donors (Lipinski definition) is 0. The fraction of sp³-hybridized carbons (Fsp3) is 0.939. The van der Waals surface area contributed by atoms with Crippen molar-refractivity contribution in [2.24, 2.45) is 5.92 Å². The topological polar surface area (TPSA) is 78.9 Å². The van der Waals surface area contributed by atoms with Gasteiger partial charge < -0.3 is 14.2 Å². The zero-order valence-electron chi connectivity index (χ0n) is 37.4. The number of unbranched alkanes of at least 4 members (excludes halogenated alkanes) is 31. The Balaban J connectivity index is 4.07. The second-order valence-electron chi connectivity index (χ2n) is 17.2. The molecule has 6 nitrogen and oxygen atoms in total. The maximum absolute atomic E-state index is 12.6. The standard InChI is InChI=1S/C49H94O6/c1-5-7-9-11-13-24-29-32-36-40-47(50)53-43-46(55-49(52)42-38-34-27-12-10-8-6-2)44-54-48(51)41-37-33-30-26-23-21-19-17-15-14-16-18-20-22-25-28-31-35-39-45(3)4/h45-46H,5-44H2,1-4H3/t46-/m0/s1. The van der Waals surface area contributed by atoms with E-state index < -0.39 is 6.10 Å². The van der Waals surface area contributed by atoms with E-state index in [0.717, 1.165) is 63.7 Å². The van der Waals surface area contributed by atoms with Gasteiger partial charge in [-0.2, -0.15) is 0 Å². The van der Waals surface area contributed by atoms with Crippen molar-refractivity contribution in [3.05, 3.63) is 0 Å². The molecule has 0 aliphatic heterocycles. The summed E-state index contributed by atoms with van der Waals surface area (Å²) in [7, 11) is 0. The van der Waals surface area contributed by atoms with Crippen LogP contribution < -0.4 is 0 Å². The van der Waals surface area contributed by atoms with Crippen LogP contribution in [0, 0.1) is 5.92 Å². The van der Waals surface area contributed by atoms with Crippen molar-refractivity contribution in [1.82, 2.24) is 0 Å². The maximum Gasteiger partial charge on any atom is 0.306 e. The van der Waals surface area contributed by atoms with Crippen molar-refractivity contribution in [2.45, 2.75) is 278 Å². The summed E-state index contributed by atoms with van der Waals surface area (Å²) in [5.74, 6) is -0.000577. The van der Waals surface area contributed by atoms with Crippen LogP contribution in [0.4, 0.5) is 0 Å². The van der Waals surface area contributed by atoms with Crippen LogP contribution in [0.3, 0.4) is 0 Å². The summed E-state index contributed by atoms with van der Waals surface area (Å²) in [6.07, 6.45) is 44.0. The molecule has 0 aliphatic rings. The molecule has 0 aromatic rings. The second kappa shape index (κ2) is 43.5. The number of rotatable bonds is 44. The van der Waals surface area contributed by atoms with Crippen molar-refractivity contribution < 1.29 is 28.6 Å². The molecular weight excluding hydrogens is 685 g/mol. The number of ether oxygens (including phenoxy) is 3. The van der Waals surface area contributed by atoms with Crippen LogP contribution in [0.5, 0.6) is 0 Å². The normalized spacial score (nSPS) is 11.9. The molecule has 0 aliphatic carbocycles. The van der Waals surface area contributed by atoms with Crippen LogP contribution in [0.1, 0.15) is 272 Å². The average molecular weight is 779 g/mol. The largest absolute Gasteiger partial charge is 0.462 e. The van der Waals surface area contributed by atoms with Crippen molar-refractivity contribution in [2.75, 3.05) is 13.2 Å². The molecule has 0 amide bonds. The Bertz CT molecular complexity index is 826. The van der Waals surface area contributed by atoms with Gasteiger partial charge in [0, 0.05) is 19.3 Å². The Morgan fingerprint density at radius 1 is 0.345 bits per heavy atom. The number of esters is 3. The highest BCUT2D eigenvalue weighted by Crippen LogP contribution is 2.17. The van der Waals surface area contributed by atoms with E-state index in [1.54, 1.807) is 0 Å². The van der Waals surface area contributed by atoms with Crippen LogP contribution in [0.15, 0.2) is 0 Å². The summed E-state index contributed by atoms with van der Waals surface area (Å²) in [6.45, 7) is 8.97. The van der Waals surface area contributed by atoms with Crippen molar-refractivity contribution >= 4 is 17.9 Å². The molecule has 1 atom stereocenters. The Kier molecular flexibility index (Phi) is 42.3. The third kappa shape index (κ3) is 43.4. The summed E-state index contributed by atoms with van der Waals surface area (Å²) >= 11 is 0. The zero-order valence-corrected chi connectivity index (χ0v) is 37.4. The average Bonchev–Trinajstić information content (AvgIpc) is 3.17. The third-order valence-electron chi connectivity index (χ3n) is 11.0. The van der Waals surface area contributed by atoms with E-state index in [2.05, 4.69) is 27.7 Å². The molecule has 326 valence electrons. The van der Waals surface area contributed by atoms with Gasteiger partial charge in [-0.15, -0.1) is 0 Å². The van der Waals surface area contributed by atoms with Gasteiger partial charge >= 0.3 is 17.9 Å². The van der Waals surface area contributed by atoms with Crippen molar-refractivity contribution in [1.29, 1.82) is 0 Å². The predicted octanol–water partition coefficient (Wildman–Crippen LogP) is 15.5. The lowest BCUT2D eigenvalue weighted by molar-refractivity contribution is -0.167. The zero-order chi connectivity index (χ0) is 40.3. The molecule has 0 spiro atoms. The van der Waals surface area contributed by atoms with Crippen LogP contribution in [0.25, 0.3) is 0 Å². The minimum absolute atomic E-state index is 0.0639. The Labute approximate surface area is 342 Å². The van der Waals surface area contributed by atoms with Gasteiger partial charge in [0.2, 0.25) is 0 Å². The van der Waals surface area contributed by atoms with Gasteiger partial charge in [0.25, 0.3) is 0 Å². The van der Waals surface area contributed by atoms with Gasteiger partial charge in [-0.05, 0) is 25.2 Å². The van der Waals surface area contributed by atoms with E-state index in [1.165, 1.54) is 167 Å². The summed E-state index contributed by atoms with van der Waals surface area (Å²) < 4.78 is 16.7. The molecule has 0 aromatic carbocycles. The molecule has 0 saturated carbocycles. The highest BCUT2D eigenvalue weighted by atomic mass is 16.6. The van der Waals surface area contributed by atoms with Gasteiger partial charge in [-0.3, -0.25) is 14.4 Å². The lowest BCUT2D eigenvalue weighted by Crippen LogP contribution is -2.30. The van der Waals surface area contributed by atoms with E-state index in [0.29, 0.717) is 19.3 Å². The Hall–Kier alpha value is -1.59. The lowest BCUT2D eigenvalue weighted by Gasteiger charge is -2.18. The molecule has 0 heterocycles. The first-order valence-corrected chi connectivity index (χ1v) is 24.4. The second-order valence-corrected chi connectivity index (χ2v) is 17.2. The molecule has 0 saturated heterocycles. The van der Waals surface area contributed by atoms with Crippen molar-refractivity contribution in [3.63, 3.8) is 0 Å². The Morgan fingerprint density at radius 2 is 0.600 bits per heavy atom. The third-order valence-corrected chi connectivity index (χ3v) is 11.0. The van der Waals surface area contributed by atoms with Crippen molar-refractivity contribution in [3.8, 4) is 0 Å². The number of carbonyl (C=O) groups is 3. The smallest absolute Gasteiger partial charge is 0.306 e. The van der Waals surface area contributed by atoms with E-state index in [1.807, 2.05) is 0 Å². The van der Waals surface area contributed by atoms with Crippen LogP contribution in [-0.4, -0.2) is 37.2 Å². The fourth-order valence-corrected chi connectivity index (χ4v) is 7.33. The first kappa shape index (κ1) is 53.4. The number of carbonyl (C=O) groups excluding carboxylic acids is 3. The summed E-state index contributed by atoms with van der Waals surface area (Å²) in [4.78, 5) is 37.6.